The molecule has 1 saturated heterocycles. The second kappa shape index (κ2) is 6.27. The average Bonchev–Trinajstić information content (AvgIpc) is 3.13. The molecule has 3 atom stereocenters. The number of hydrogen-bond acceptors (Lipinski definition) is 3. The molecule has 1 amide bonds. The van der Waals surface area contributed by atoms with Gasteiger partial charge in [-0.25, -0.2) is 0 Å². The zero-order valence-corrected chi connectivity index (χ0v) is 12.1. The number of hydrogen-bond donors (Lipinski definition) is 0. The Morgan fingerprint density at radius 2 is 2.10 bits per heavy atom. The van der Waals surface area contributed by atoms with E-state index in [2.05, 4.69) is 6.58 Å². The van der Waals surface area contributed by atoms with Crippen LogP contribution in [-0.4, -0.2) is 48.8 Å². The van der Waals surface area contributed by atoms with E-state index in [-0.39, 0.29) is 24.2 Å². The highest BCUT2D eigenvalue weighted by Crippen LogP contribution is 2.33. The normalized spacial score (nSPS) is 34.2. The van der Waals surface area contributed by atoms with Gasteiger partial charge in [-0.2, -0.15) is 0 Å². The molecule has 3 rings (SSSR count). The Bertz CT molecular complexity index is 365. The van der Waals surface area contributed by atoms with Crippen molar-refractivity contribution in [2.75, 3.05) is 19.8 Å². The summed E-state index contributed by atoms with van der Waals surface area (Å²) >= 11 is 0. The van der Waals surface area contributed by atoms with Gasteiger partial charge in [-0.3, -0.25) is 4.79 Å². The molecule has 112 valence electrons. The van der Waals surface area contributed by atoms with Crippen LogP contribution in [0.3, 0.4) is 0 Å². The van der Waals surface area contributed by atoms with E-state index in [1.165, 1.54) is 31.8 Å². The quantitative estimate of drug-likeness (QED) is 0.740. The monoisotopic (exact) mass is 279 g/mol. The fraction of sp³-hybridized carbons (Fsp3) is 0.812. The van der Waals surface area contributed by atoms with Crippen molar-refractivity contribution in [3.05, 3.63) is 12.7 Å². The summed E-state index contributed by atoms with van der Waals surface area (Å²) in [6.45, 7) is 5.76. The number of fused-ring (bicyclic) bond motifs is 1. The van der Waals surface area contributed by atoms with Crippen LogP contribution in [0.15, 0.2) is 12.7 Å². The molecule has 1 aliphatic heterocycles. The van der Waals surface area contributed by atoms with Crippen LogP contribution in [-0.2, 0) is 14.3 Å². The van der Waals surface area contributed by atoms with E-state index < -0.39 is 0 Å². The van der Waals surface area contributed by atoms with Crippen molar-refractivity contribution < 1.29 is 14.3 Å². The number of ether oxygens (including phenoxy) is 2. The van der Waals surface area contributed by atoms with Gasteiger partial charge in [0.15, 0.2) is 0 Å². The summed E-state index contributed by atoms with van der Waals surface area (Å²) in [5, 5.41) is 0. The Hall–Kier alpha value is -0.870. The topological polar surface area (TPSA) is 38.8 Å². The molecular weight excluding hydrogens is 254 g/mol. The summed E-state index contributed by atoms with van der Waals surface area (Å²) in [7, 11) is 0. The van der Waals surface area contributed by atoms with Gasteiger partial charge in [-0.05, 0) is 37.7 Å². The van der Waals surface area contributed by atoms with Gasteiger partial charge >= 0.3 is 0 Å². The zero-order chi connectivity index (χ0) is 13.9. The molecule has 3 aliphatic rings. The van der Waals surface area contributed by atoms with E-state index in [9.17, 15) is 4.79 Å². The Morgan fingerprint density at radius 1 is 1.30 bits per heavy atom. The summed E-state index contributed by atoms with van der Waals surface area (Å²) in [4.78, 5) is 13.8. The van der Waals surface area contributed by atoms with Crippen LogP contribution in [0, 0.1) is 5.92 Å². The third kappa shape index (κ3) is 2.77. The van der Waals surface area contributed by atoms with Gasteiger partial charge in [-0.1, -0.05) is 19.4 Å². The highest BCUT2D eigenvalue weighted by Gasteiger charge is 2.44. The van der Waals surface area contributed by atoms with Crippen molar-refractivity contribution >= 4 is 5.91 Å². The molecule has 4 heteroatoms. The summed E-state index contributed by atoms with van der Waals surface area (Å²) in [6.07, 6.45) is 8.95. The number of carbonyl (C=O) groups is 1. The van der Waals surface area contributed by atoms with E-state index in [1.807, 2.05) is 4.90 Å². The van der Waals surface area contributed by atoms with Crippen LogP contribution in [0.25, 0.3) is 0 Å². The highest BCUT2D eigenvalue weighted by atomic mass is 16.5. The van der Waals surface area contributed by atoms with Gasteiger partial charge in [0.25, 0.3) is 0 Å². The van der Waals surface area contributed by atoms with Crippen LogP contribution in [0.2, 0.25) is 0 Å². The minimum absolute atomic E-state index is 0.0275. The maximum atomic E-state index is 11.9. The molecule has 0 N–H and O–H groups in total. The lowest BCUT2D eigenvalue weighted by atomic mass is 10.1. The second-order valence-corrected chi connectivity index (χ2v) is 6.24. The van der Waals surface area contributed by atoms with Crippen molar-refractivity contribution in [3.8, 4) is 0 Å². The van der Waals surface area contributed by atoms with Crippen LogP contribution in [0.1, 0.15) is 38.5 Å². The van der Waals surface area contributed by atoms with Crippen LogP contribution in [0.4, 0.5) is 0 Å². The lowest BCUT2D eigenvalue weighted by molar-refractivity contribution is -0.147. The Kier molecular flexibility index (Phi) is 4.41. The van der Waals surface area contributed by atoms with E-state index in [1.54, 1.807) is 0 Å². The van der Waals surface area contributed by atoms with E-state index in [0.29, 0.717) is 13.2 Å². The van der Waals surface area contributed by atoms with Gasteiger partial charge in [0.1, 0.15) is 6.10 Å². The Balaban J connectivity index is 1.56. The molecule has 0 spiro atoms. The van der Waals surface area contributed by atoms with Gasteiger partial charge in [0.05, 0.1) is 18.8 Å². The van der Waals surface area contributed by atoms with Gasteiger partial charge < -0.3 is 14.4 Å². The molecule has 0 aromatic heterocycles. The molecule has 0 aromatic carbocycles. The first-order chi connectivity index (χ1) is 9.79. The van der Waals surface area contributed by atoms with E-state index in [0.717, 1.165) is 25.4 Å². The smallest absolute Gasteiger partial charge is 0.246 e. The largest absolute Gasteiger partial charge is 0.375 e. The zero-order valence-electron chi connectivity index (χ0n) is 12.1. The molecule has 0 unspecified atom stereocenters. The standard InChI is InChI=1S/C16H25NO3/c1-2-15(18)17-9-10-19-16-13(17)7-8-14(16)20-11-12-5-3-4-6-12/h2,12-14,16H,1,3-11H2/t13-,14+,16+/m0/s1. The summed E-state index contributed by atoms with van der Waals surface area (Å²) in [6, 6.07) is 0.183. The number of amides is 1. The van der Waals surface area contributed by atoms with Gasteiger partial charge in [-0.15, -0.1) is 0 Å². The molecule has 2 saturated carbocycles. The van der Waals surface area contributed by atoms with Crippen molar-refractivity contribution in [2.45, 2.75) is 56.8 Å². The van der Waals surface area contributed by atoms with Crippen LogP contribution < -0.4 is 0 Å². The highest BCUT2D eigenvalue weighted by molar-refractivity contribution is 5.87. The predicted molar refractivity (Wildman–Crippen MR) is 76.4 cm³/mol. The molecule has 2 aliphatic carbocycles. The summed E-state index contributed by atoms with van der Waals surface area (Å²) < 4.78 is 12.0. The summed E-state index contributed by atoms with van der Waals surface area (Å²) in [5.74, 6) is 0.767. The molecule has 4 nitrogen and oxygen atoms in total. The molecule has 3 fully saturated rings. The van der Waals surface area contributed by atoms with Crippen molar-refractivity contribution in [2.24, 2.45) is 5.92 Å². The Labute approximate surface area is 121 Å². The third-order valence-corrected chi connectivity index (χ3v) is 5.01. The molecule has 0 aromatic rings. The number of carbonyl (C=O) groups excluding carboxylic acids is 1. The average molecular weight is 279 g/mol. The van der Waals surface area contributed by atoms with Crippen molar-refractivity contribution in [1.29, 1.82) is 0 Å². The molecule has 0 radical (unpaired) electrons. The van der Waals surface area contributed by atoms with E-state index in [4.69, 9.17) is 9.47 Å². The summed E-state index contributed by atoms with van der Waals surface area (Å²) in [5.41, 5.74) is 0. The maximum absolute atomic E-state index is 11.9. The van der Waals surface area contributed by atoms with Crippen molar-refractivity contribution in [3.63, 3.8) is 0 Å². The lowest BCUT2D eigenvalue weighted by Crippen LogP contribution is -2.53. The number of nitrogens with zero attached hydrogens (tertiary/aromatic N) is 1. The number of morpholine rings is 1. The molecule has 20 heavy (non-hydrogen) atoms. The van der Waals surface area contributed by atoms with Crippen LogP contribution >= 0.6 is 0 Å². The fourth-order valence-electron chi connectivity index (χ4n) is 3.92. The van der Waals surface area contributed by atoms with Gasteiger partial charge in [0, 0.05) is 13.2 Å². The third-order valence-electron chi connectivity index (χ3n) is 5.01. The minimum Gasteiger partial charge on any atom is -0.375 e. The predicted octanol–water partition coefficient (Wildman–Crippen LogP) is 2.14. The first-order valence-corrected chi connectivity index (χ1v) is 7.96. The van der Waals surface area contributed by atoms with Gasteiger partial charge in [0.2, 0.25) is 5.91 Å². The Morgan fingerprint density at radius 3 is 2.85 bits per heavy atom. The minimum atomic E-state index is 0.0275. The number of rotatable bonds is 4. The van der Waals surface area contributed by atoms with Crippen LogP contribution in [0.5, 0.6) is 0 Å². The second-order valence-electron chi connectivity index (χ2n) is 6.24. The molecule has 0 bridgehead atoms. The first-order valence-electron chi connectivity index (χ1n) is 7.96. The lowest BCUT2D eigenvalue weighted by Gasteiger charge is -2.38. The van der Waals surface area contributed by atoms with Crippen molar-refractivity contribution in [1.82, 2.24) is 4.90 Å². The van der Waals surface area contributed by atoms with E-state index >= 15 is 0 Å². The fourth-order valence-corrected chi connectivity index (χ4v) is 3.92. The first kappa shape index (κ1) is 14.1. The molecule has 1 heterocycles. The molecular formula is C16H25NO3. The maximum Gasteiger partial charge on any atom is 0.246 e. The SMILES string of the molecule is C=CC(=O)N1CCO[C@H]2[C@H](OCC3CCCC3)CC[C@@H]21.